The molecule has 2 aliphatic heterocycles. The number of halogens is 3. The first kappa shape index (κ1) is 25.7. The Morgan fingerprint density at radius 3 is 2.42 bits per heavy atom. The summed E-state index contributed by atoms with van der Waals surface area (Å²) in [5, 5.41) is 0.0649. The van der Waals surface area contributed by atoms with E-state index in [9.17, 15) is 9.59 Å². The summed E-state index contributed by atoms with van der Waals surface area (Å²) in [6.45, 7) is 2.69. The van der Waals surface area contributed by atoms with Gasteiger partial charge in [-0.3, -0.25) is 14.5 Å². The third-order valence-electron chi connectivity index (χ3n) is 5.57. The smallest absolute Gasteiger partial charge is 0.293 e. The molecule has 0 bridgehead atoms. The van der Waals surface area contributed by atoms with Crippen LogP contribution in [-0.2, 0) is 17.9 Å². The molecule has 0 aromatic heterocycles. The van der Waals surface area contributed by atoms with Crippen molar-refractivity contribution in [1.29, 1.82) is 0 Å². The molecule has 2 aliphatic rings. The Kier molecular flexibility index (Phi) is 7.70. The SMILES string of the molecule is Cc1ccc(COc2c(I)cc(/C=C3\SC(=O)N(Cc4cc5c(cc4Cl)OCO5)C3=O)cc2I)cc1. The van der Waals surface area contributed by atoms with E-state index in [1.807, 2.05) is 12.1 Å². The maximum Gasteiger partial charge on any atom is 0.293 e. The van der Waals surface area contributed by atoms with Crippen LogP contribution < -0.4 is 14.2 Å². The molecule has 0 unspecified atom stereocenters. The summed E-state index contributed by atoms with van der Waals surface area (Å²) < 4.78 is 18.6. The monoisotopic (exact) mass is 745 g/mol. The molecule has 0 atom stereocenters. The van der Waals surface area contributed by atoms with E-state index in [4.69, 9.17) is 25.8 Å². The van der Waals surface area contributed by atoms with Crippen LogP contribution in [-0.4, -0.2) is 22.8 Å². The van der Waals surface area contributed by atoms with E-state index in [-0.39, 0.29) is 24.5 Å². The van der Waals surface area contributed by atoms with Crippen molar-refractivity contribution in [2.75, 3.05) is 6.79 Å². The molecule has 0 N–H and O–H groups in total. The second-order valence-electron chi connectivity index (χ2n) is 8.15. The average Bonchev–Trinajstić information content (AvgIpc) is 3.39. The molecule has 5 rings (SSSR count). The van der Waals surface area contributed by atoms with Crippen molar-refractivity contribution < 1.29 is 23.8 Å². The number of hydrogen-bond acceptors (Lipinski definition) is 6. The normalized spacial score (nSPS) is 15.8. The lowest BCUT2D eigenvalue weighted by Gasteiger charge is -2.14. The minimum absolute atomic E-state index is 0.0539. The van der Waals surface area contributed by atoms with Crippen molar-refractivity contribution in [3.8, 4) is 17.2 Å². The molecule has 6 nitrogen and oxygen atoms in total. The molecule has 3 aromatic rings. The second kappa shape index (κ2) is 10.8. The van der Waals surface area contributed by atoms with Crippen molar-refractivity contribution in [2.24, 2.45) is 0 Å². The Hall–Kier alpha value is -1.96. The predicted octanol–water partition coefficient (Wildman–Crippen LogP) is 7.40. The number of amides is 2. The highest BCUT2D eigenvalue weighted by molar-refractivity contribution is 14.1. The fourth-order valence-electron chi connectivity index (χ4n) is 3.68. The maximum absolute atomic E-state index is 13.1. The van der Waals surface area contributed by atoms with E-state index in [1.165, 1.54) is 10.5 Å². The number of fused-ring (bicyclic) bond motifs is 1. The van der Waals surface area contributed by atoms with E-state index < -0.39 is 0 Å². The highest BCUT2D eigenvalue weighted by Gasteiger charge is 2.36. The number of thioether (sulfide) groups is 1. The molecule has 1 fully saturated rings. The number of carbonyl (C=O) groups excluding carboxylic acids is 2. The fraction of sp³-hybridized carbons (Fsp3) is 0.154. The van der Waals surface area contributed by atoms with Gasteiger partial charge in [0.1, 0.15) is 12.4 Å². The van der Waals surface area contributed by atoms with Crippen LogP contribution in [0.1, 0.15) is 22.3 Å². The highest BCUT2D eigenvalue weighted by Crippen LogP contribution is 2.40. The van der Waals surface area contributed by atoms with Crippen LogP contribution in [0.5, 0.6) is 17.2 Å². The fourth-order valence-corrected chi connectivity index (χ4v) is 6.86. The first-order chi connectivity index (χ1) is 17.3. The van der Waals surface area contributed by atoms with Gasteiger partial charge in [0.15, 0.2) is 11.5 Å². The first-order valence-corrected chi connectivity index (χ1v) is 14.1. The van der Waals surface area contributed by atoms with Crippen molar-refractivity contribution in [3.63, 3.8) is 0 Å². The second-order valence-corrected chi connectivity index (χ2v) is 11.9. The zero-order chi connectivity index (χ0) is 25.4. The van der Waals surface area contributed by atoms with Gasteiger partial charge < -0.3 is 14.2 Å². The van der Waals surface area contributed by atoms with Gasteiger partial charge in [-0.1, -0.05) is 41.4 Å². The zero-order valence-corrected chi connectivity index (χ0v) is 24.7. The number of nitrogens with zero attached hydrogens (tertiary/aromatic N) is 1. The van der Waals surface area contributed by atoms with E-state index in [0.717, 1.165) is 35.8 Å². The molecule has 0 aliphatic carbocycles. The average molecular weight is 746 g/mol. The van der Waals surface area contributed by atoms with Crippen molar-refractivity contribution in [3.05, 3.63) is 87.9 Å². The van der Waals surface area contributed by atoms with E-state index in [1.54, 1.807) is 18.2 Å². The summed E-state index contributed by atoms with van der Waals surface area (Å²) >= 11 is 11.7. The van der Waals surface area contributed by atoms with Crippen LogP contribution >= 0.6 is 68.5 Å². The van der Waals surface area contributed by atoms with E-state index >= 15 is 0 Å². The van der Waals surface area contributed by atoms with Gasteiger partial charge >= 0.3 is 0 Å². The molecule has 1 saturated heterocycles. The largest absolute Gasteiger partial charge is 0.487 e. The Labute approximate surface area is 244 Å². The molecule has 0 radical (unpaired) electrons. The van der Waals surface area contributed by atoms with Crippen LogP contribution in [0.4, 0.5) is 4.79 Å². The van der Waals surface area contributed by atoms with Crippen molar-refractivity contribution in [2.45, 2.75) is 20.1 Å². The molecule has 184 valence electrons. The number of ether oxygens (including phenoxy) is 3. The molecule has 36 heavy (non-hydrogen) atoms. The Balaban J connectivity index is 1.32. The van der Waals surface area contributed by atoms with Gasteiger partial charge in [-0.2, -0.15) is 0 Å². The zero-order valence-electron chi connectivity index (χ0n) is 18.8. The summed E-state index contributed by atoms with van der Waals surface area (Å²) in [5.41, 5.74) is 3.73. The minimum Gasteiger partial charge on any atom is -0.487 e. The summed E-state index contributed by atoms with van der Waals surface area (Å²) in [6.07, 6.45) is 1.74. The number of rotatable bonds is 6. The highest BCUT2D eigenvalue weighted by atomic mass is 127. The molecule has 0 spiro atoms. The van der Waals surface area contributed by atoms with E-state index in [2.05, 4.69) is 76.4 Å². The summed E-state index contributed by atoms with van der Waals surface area (Å²) in [6, 6.07) is 15.5. The summed E-state index contributed by atoms with van der Waals surface area (Å²) in [5.74, 6) is 1.53. The van der Waals surface area contributed by atoms with Crippen LogP contribution in [0.15, 0.2) is 53.4 Å². The molecule has 2 heterocycles. The Morgan fingerprint density at radius 1 is 1.06 bits per heavy atom. The summed E-state index contributed by atoms with van der Waals surface area (Å²) in [7, 11) is 0. The Bertz CT molecular complexity index is 1390. The third kappa shape index (κ3) is 5.48. The number of aryl methyl sites for hydroxylation is 1. The first-order valence-electron chi connectivity index (χ1n) is 10.8. The van der Waals surface area contributed by atoms with Crippen LogP contribution in [0.2, 0.25) is 5.02 Å². The minimum atomic E-state index is -0.358. The number of imide groups is 1. The molecular weight excluding hydrogens is 728 g/mol. The number of carbonyl (C=O) groups is 2. The number of benzene rings is 3. The molecule has 3 aromatic carbocycles. The predicted molar refractivity (Wildman–Crippen MR) is 156 cm³/mol. The van der Waals surface area contributed by atoms with Gasteiger partial charge in [-0.25, -0.2) is 0 Å². The van der Waals surface area contributed by atoms with Crippen LogP contribution in [0.3, 0.4) is 0 Å². The molecule has 10 heteroatoms. The van der Waals surface area contributed by atoms with E-state index in [0.29, 0.717) is 33.6 Å². The molecular formula is C26H18ClI2NO5S. The maximum atomic E-state index is 13.1. The summed E-state index contributed by atoms with van der Waals surface area (Å²) in [4.78, 5) is 27.3. The standard InChI is InChI=1S/C26H18ClI2NO5S/c1-14-2-4-15(5-3-14)12-33-24-19(28)6-16(7-20(24)29)8-23-25(31)30(26(32)36-23)11-17-9-21-22(10-18(17)27)35-13-34-21/h2-10H,11-13H2,1H3/b23-8-. The van der Waals surface area contributed by atoms with Crippen molar-refractivity contribution >= 4 is 85.8 Å². The number of hydrogen-bond donors (Lipinski definition) is 0. The van der Waals surface area contributed by atoms with Gasteiger partial charge in [-0.05, 0) is 105 Å². The molecule has 0 saturated carbocycles. The lowest BCUT2D eigenvalue weighted by Crippen LogP contribution is -2.27. The van der Waals surface area contributed by atoms with Gasteiger partial charge in [0.05, 0.1) is 18.6 Å². The molecule has 2 amide bonds. The van der Waals surface area contributed by atoms with Gasteiger partial charge in [-0.15, -0.1) is 0 Å². The van der Waals surface area contributed by atoms with Gasteiger partial charge in [0, 0.05) is 11.1 Å². The quantitative estimate of drug-likeness (QED) is 0.194. The third-order valence-corrected chi connectivity index (χ3v) is 8.43. The Morgan fingerprint density at radius 2 is 1.72 bits per heavy atom. The lowest BCUT2D eigenvalue weighted by molar-refractivity contribution is -0.123. The van der Waals surface area contributed by atoms with Crippen LogP contribution in [0, 0.1) is 14.1 Å². The van der Waals surface area contributed by atoms with Crippen molar-refractivity contribution in [1.82, 2.24) is 4.90 Å². The van der Waals surface area contributed by atoms with Crippen LogP contribution in [0.25, 0.3) is 6.08 Å². The van der Waals surface area contributed by atoms with Gasteiger partial charge in [0.25, 0.3) is 11.1 Å². The lowest BCUT2D eigenvalue weighted by atomic mass is 10.1. The topological polar surface area (TPSA) is 65.1 Å². The van der Waals surface area contributed by atoms with Gasteiger partial charge in [0.2, 0.25) is 6.79 Å².